The number of fused-ring (bicyclic) bond motifs is 6. The van der Waals surface area contributed by atoms with Gasteiger partial charge in [-0.05, 0) is 37.1 Å². The Hall–Kier alpha value is -2.93. The number of ether oxygens (including phenoxy) is 2. The maximum absolute atomic E-state index is 12.5. The van der Waals surface area contributed by atoms with E-state index in [1.54, 1.807) is 14.2 Å². The monoisotopic (exact) mass is 378 g/mol. The van der Waals surface area contributed by atoms with Crippen molar-refractivity contribution in [2.75, 3.05) is 20.8 Å². The molecule has 2 aliphatic rings. The maximum Gasteiger partial charge on any atom is 0.249 e. The fraction of sp³-hybridized carbons (Fsp3) is 0.381. The van der Waals surface area contributed by atoms with Crippen molar-refractivity contribution in [2.24, 2.45) is 0 Å². The van der Waals surface area contributed by atoms with Crippen LogP contribution >= 0.6 is 0 Å². The molecule has 1 saturated heterocycles. The summed E-state index contributed by atoms with van der Waals surface area (Å²) >= 11 is 0. The zero-order valence-electron chi connectivity index (χ0n) is 16.0. The van der Waals surface area contributed by atoms with Gasteiger partial charge in [-0.1, -0.05) is 0 Å². The average molecular weight is 378 g/mol. The van der Waals surface area contributed by atoms with Crippen molar-refractivity contribution >= 4 is 11.6 Å². The van der Waals surface area contributed by atoms with Crippen molar-refractivity contribution in [3.05, 3.63) is 47.8 Å². The third kappa shape index (κ3) is 2.57. The Kier molecular flexibility index (Phi) is 4.05. The zero-order valence-corrected chi connectivity index (χ0v) is 16.0. The molecule has 7 heteroatoms. The second-order valence-electron chi connectivity index (χ2n) is 7.37. The van der Waals surface area contributed by atoms with Gasteiger partial charge in [-0.25, -0.2) is 9.50 Å². The van der Waals surface area contributed by atoms with Crippen molar-refractivity contribution in [1.82, 2.24) is 19.5 Å². The molecule has 3 aromatic rings. The van der Waals surface area contributed by atoms with Crippen molar-refractivity contribution in [3.63, 3.8) is 0 Å². The first-order valence-electron chi connectivity index (χ1n) is 9.51. The molecule has 0 unspecified atom stereocenters. The predicted octanol–water partition coefficient (Wildman–Crippen LogP) is 2.64. The molecule has 2 aromatic heterocycles. The van der Waals surface area contributed by atoms with Crippen molar-refractivity contribution in [2.45, 2.75) is 31.3 Å². The van der Waals surface area contributed by atoms with Gasteiger partial charge in [0, 0.05) is 43.0 Å². The topological polar surface area (TPSA) is 69.0 Å². The molecule has 2 bridgehead atoms. The Bertz CT molecular complexity index is 1040. The molecular weight excluding hydrogens is 356 g/mol. The zero-order chi connectivity index (χ0) is 19.3. The summed E-state index contributed by atoms with van der Waals surface area (Å²) in [4.78, 5) is 19.2. The highest BCUT2D eigenvalue weighted by Gasteiger charge is 2.43. The number of hydrogen-bond donors (Lipinski definition) is 0. The summed E-state index contributed by atoms with van der Waals surface area (Å²) in [5.74, 6) is 0.876. The quantitative estimate of drug-likeness (QED) is 0.698. The summed E-state index contributed by atoms with van der Waals surface area (Å²) < 4.78 is 12.3. The van der Waals surface area contributed by atoms with E-state index >= 15 is 0 Å². The van der Waals surface area contributed by atoms with E-state index in [1.165, 1.54) is 5.69 Å². The van der Waals surface area contributed by atoms with E-state index in [2.05, 4.69) is 4.98 Å². The molecule has 7 nitrogen and oxygen atoms in total. The Labute approximate surface area is 162 Å². The van der Waals surface area contributed by atoms with Crippen LogP contribution in [0.1, 0.15) is 30.1 Å². The first-order chi connectivity index (χ1) is 13.7. The molecule has 1 fully saturated rings. The number of carbonyl (C=O) groups excluding carboxylic acids is 1. The smallest absolute Gasteiger partial charge is 0.249 e. The van der Waals surface area contributed by atoms with Gasteiger partial charge in [-0.3, -0.25) is 4.79 Å². The third-order valence-corrected chi connectivity index (χ3v) is 5.85. The van der Waals surface area contributed by atoms with Crippen LogP contribution in [0.4, 0.5) is 0 Å². The van der Waals surface area contributed by atoms with Crippen LogP contribution in [0.2, 0.25) is 0 Å². The van der Waals surface area contributed by atoms with E-state index in [0.717, 1.165) is 47.5 Å². The van der Waals surface area contributed by atoms with Gasteiger partial charge < -0.3 is 14.4 Å². The maximum atomic E-state index is 12.5. The minimum Gasteiger partial charge on any atom is -0.497 e. The fourth-order valence-electron chi connectivity index (χ4n) is 4.57. The van der Waals surface area contributed by atoms with Gasteiger partial charge in [0.2, 0.25) is 5.91 Å². The minimum atomic E-state index is 0.0557. The van der Waals surface area contributed by atoms with Gasteiger partial charge in [-0.2, -0.15) is 5.10 Å². The molecule has 2 aliphatic heterocycles. The first kappa shape index (κ1) is 17.2. The molecule has 2 atom stereocenters. The summed E-state index contributed by atoms with van der Waals surface area (Å²) in [5.41, 5.74) is 5.01. The predicted molar refractivity (Wildman–Crippen MR) is 103 cm³/mol. The fourth-order valence-corrected chi connectivity index (χ4v) is 4.57. The number of hydrogen-bond acceptors (Lipinski definition) is 5. The Morgan fingerprint density at radius 2 is 2.04 bits per heavy atom. The van der Waals surface area contributed by atoms with E-state index in [0.29, 0.717) is 0 Å². The Morgan fingerprint density at radius 1 is 1.21 bits per heavy atom. The highest BCUT2D eigenvalue weighted by atomic mass is 16.5. The molecule has 0 N–H and O–H groups in total. The molecular formula is C21H22N4O3. The van der Waals surface area contributed by atoms with Gasteiger partial charge in [0.05, 0.1) is 24.5 Å². The second kappa shape index (κ2) is 6.60. The van der Waals surface area contributed by atoms with E-state index in [1.807, 2.05) is 45.9 Å². The average Bonchev–Trinajstić information content (AvgIpc) is 3.29. The van der Waals surface area contributed by atoms with Crippen LogP contribution in [-0.2, 0) is 16.0 Å². The van der Waals surface area contributed by atoms with E-state index in [4.69, 9.17) is 14.6 Å². The molecule has 5 rings (SSSR count). The van der Waals surface area contributed by atoms with Crippen molar-refractivity contribution in [3.8, 4) is 17.0 Å². The van der Waals surface area contributed by atoms with Crippen LogP contribution in [0.15, 0.2) is 36.5 Å². The molecule has 144 valence electrons. The highest BCUT2D eigenvalue weighted by molar-refractivity contribution is 5.79. The largest absolute Gasteiger partial charge is 0.497 e. The lowest BCUT2D eigenvalue weighted by Crippen LogP contribution is -2.44. The number of nitrogens with zero attached hydrogens (tertiary/aromatic N) is 4. The summed E-state index contributed by atoms with van der Waals surface area (Å²) in [6.45, 7) is 0.126. The number of methoxy groups -OCH3 is 2. The van der Waals surface area contributed by atoms with Crippen LogP contribution in [0.5, 0.6) is 5.75 Å². The van der Waals surface area contributed by atoms with Crippen LogP contribution in [0.3, 0.4) is 0 Å². The minimum absolute atomic E-state index is 0.0557. The van der Waals surface area contributed by atoms with Gasteiger partial charge >= 0.3 is 0 Å². The van der Waals surface area contributed by atoms with Crippen molar-refractivity contribution in [1.29, 1.82) is 0 Å². The molecule has 0 radical (unpaired) electrons. The first-order valence-corrected chi connectivity index (χ1v) is 9.51. The van der Waals surface area contributed by atoms with Gasteiger partial charge in [-0.15, -0.1) is 0 Å². The lowest BCUT2D eigenvalue weighted by molar-refractivity contribution is -0.138. The number of aromatic nitrogens is 3. The second-order valence-corrected chi connectivity index (χ2v) is 7.37. The van der Waals surface area contributed by atoms with E-state index in [9.17, 15) is 4.79 Å². The third-order valence-electron chi connectivity index (χ3n) is 5.85. The summed E-state index contributed by atoms with van der Waals surface area (Å²) in [6, 6.07) is 10.2. The molecule has 1 aromatic carbocycles. The van der Waals surface area contributed by atoms with Gasteiger partial charge in [0.25, 0.3) is 0 Å². The number of rotatable bonds is 4. The molecule has 28 heavy (non-hydrogen) atoms. The molecule has 1 amide bonds. The van der Waals surface area contributed by atoms with Gasteiger partial charge in [0.1, 0.15) is 12.4 Å². The number of amides is 1. The van der Waals surface area contributed by atoms with E-state index < -0.39 is 0 Å². The lowest BCUT2D eigenvalue weighted by Gasteiger charge is -2.36. The SMILES string of the molecule is COCC(=O)N1[C@H]2CC[C@H]1c1cnc3cc(-c4ccc(OC)cc4)nn3c1C2. The number of carbonyl (C=O) groups is 1. The normalized spacial score (nSPS) is 20.4. The summed E-state index contributed by atoms with van der Waals surface area (Å²) in [5, 5.41) is 4.84. The summed E-state index contributed by atoms with van der Waals surface area (Å²) in [7, 11) is 3.22. The standard InChI is InChI=1S/C21H22N4O3/c1-27-12-21(26)24-14-5-8-18(24)16-11-22-20-10-17(23-25(20)19(16)9-14)13-3-6-15(28-2)7-4-13/h3-4,6-7,10-11,14,18H,5,8-9,12H2,1-2H3/t14-,18-/m0/s1. The Balaban J connectivity index is 1.55. The van der Waals surface area contributed by atoms with Crippen LogP contribution in [0, 0.1) is 0 Å². The van der Waals surface area contributed by atoms with Gasteiger partial charge in [0.15, 0.2) is 5.65 Å². The molecule has 4 heterocycles. The molecule has 0 spiro atoms. The van der Waals surface area contributed by atoms with Crippen LogP contribution in [0.25, 0.3) is 16.9 Å². The lowest BCUT2D eigenvalue weighted by atomic mass is 9.99. The van der Waals surface area contributed by atoms with E-state index in [-0.39, 0.29) is 24.6 Å². The summed E-state index contributed by atoms with van der Waals surface area (Å²) in [6.07, 6.45) is 4.68. The van der Waals surface area contributed by atoms with Crippen LogP contribution < -0.4 is 4.74 Å². The van der Waals surface area contributed by atoms with Crippen LogP contribution in [-0.4, -0.2) is 52.3 Å². The number of benzene rings is 1. The molecule has 0 aliphatic carbocycles. The Morgan fingerprint density at radius 3 is 2.79 bits per heavy atom. The van der Waals surface area contributed by atoms with Crippen molar-refractivity contribution < 1.29 is 14.3 Å². The molecule has 0 saturated carbocycles. The highest BCUT2D eigenvalue weighted by Crippen LogP contribution is 2.43.